The maximum Gasteiger partial charge on any atom is 0.179 e. The van der Waals surface area contributed by atoms with Gasteiger partial charge in [0.2, 0.25) is 0 Å². The number of anilines is 1. The molecule has 0 saturated heterocycles. The summed E-state index contributed by atoms with van der Waals surface area (Å²) in [4.78, 5) is 2.46. The van der Waals surface area contributed by atoms with Crippen molar-refractivity contribution in [3.8, 4) is 0 Å². The SMILES string of the molecule is CCN(CC)c1cccc(S(=O)(=O)CCCl)c1. The quantitative estimate of drug-likeness (QED) is 0.749. The number of hydrogen-bond acceptors (Lipinski definition) is 3. The highest BCUT2D eigenvalue weighted by molar-refractivity contribution is 7.91. The van der Waals surface area contributed by atoms with Gasteiger partial charge in [0.15, 0.2) is 9.84 Å². The Morgan fingerprint density at radius 2 is 1.88 bits per heavy atom. The molecular formula is C12H18ClNO2S. The number of benzene rings is 1. The highest BCUT2D eigenvalue weighted by atomic mass is 35.5. The van der Waals surface area contributed by atoms with Crippen molar-refractivity contribution in [1.29, 1.82) is 0 Å². The molecular weight excluding hydrogens is 258 g/mol. The fourth-order valence-electron chi connectivity index (χ4n) is 1.68. The third kappa shape index (κ3) is 3.61. The van der Waals surface area contributed by atoms with Crippen LogP contribution in [0.1, 0.15) is 13.8 Å². The zero-order valence-corrected chi connectivity index (χ0v) is 11.8. The van der Waals surface area contributed by atoms with Crippen LogP contribution in [0.25, 0.3) is 0 Å². The number of halogens is 1. The van der Waals surface area contributed by atoms with Crippen LogP contribution < -0.4 is 4.90 Å². The van der Waals surface area contributed by atoms with Gasteiger partial charge in [0.1, 0.15) is 0 Å². The molecule has 0 spiro atoms. The summed E-state index contributed by atoms with van der Waals surface area (Å²) in [6.45, 7) is 5.80. The van der Waals surface area contributed by atoms with Crippen LogP contribution in [0.2, 0.25) is 0 Å². The van der Waals surface area contributed by atoms with Crippen molar-refractivity contribution in [3.63, 3.8) is 0 Å². The lowest BCUT2D eigenvalue weighted by molar-refractivity contribution is 0.597. The van der Waals surface area contributed by atoms with Crippen LogP contribution in [0.5, 0.6) is 0 Å². The molecule has 0 saturated carbocycles. The Morgan fingerprint density at radius 3 is 2.41 bits per heavy atom. The Kier molecular flexibility index (Phi) is 5.28. The smallest absolute Gasteiger partial charge is 0.179 e. The molecule has 0 atom stereocenters. The van der Waals surface area contributed by atoms with Gasteiger partial charge in [-0.25, -0.2) is 8.42 Å². The molecule has 0 aliphatic carbocycles. The van der Waals surface area contributed by atoms with Gasteiger partial charge in [-0.15, -0.1) is 11.6 Å². The predicted molar refractivity (Wildman–Crippen MR) is 72.8 cm³/mol. The predicted octanol–water partition coefficient (Wildman–Crippen LogP) is 2.55. The summed E-state index contributed by atoms with van der Waals surface area (Å²) in [5.74, 6) is 0.105. The molecule has 3 nitrogen and oxygen atoms in total. The van der Waals surface area contributed by atoms with E-state index in [1.165, 1.54) is 0 Å². The van der Waals surface area contributed by atoms with Crippen molar-refractivity contribution < 1.29 is 8.42 Å². The average Bonchev–Trinajstić information content (AvgIpc) is 2.31. The van der Waals surface area contributed by atoms with Crippen molar-refractivity contribution in [2.75, 3.05) is 29.6 Å². The van der Waals surface area contributed by atoms with E-state index >= 15 is 0 Å². The highest BCUT2D eigenvalue weighted by Gasteiger charge is 2.14. The monoisotopic (exact) mass is 275 g/mol. The van der Waals surface area contributed by atoms with E-state index in [0.29, 0.717) is 4.90 Å². The molecule has 1 aromatic carbocycles. The number of alkyl halides is 1. The molecule has 0 bridgehead atoms. The number of sulfone groups is 1. The van der Waals surface area contributed by atoms with Crippen molar-refractivity contribution in [3.05, 3.63) is 24.3 Å². The van der Waals surface area contributed by atoms with Crippen LogP contribution >= 0.6 is 11.6 Å². The first-order valence-corrected chi connectivity index (χ1v) is 7.87. The van der Waals surface area contributed by atoms with Gasteiger partial charge in [-0.2, -0.15) is 0 Å². The Balaban J connectivity index is 3.09. The molecule has 0 amide bonds. The minimum absolute atomic E-state index is 0.0176. The molecule has 0 aromatic heterocycles. The molecule has 0 unspecified atom stereocenters. The second-order valence-electron chi connectivity index (χ2n) is 3.68. The first-order valence-electron chi connectivity index (χ1n) is 5.69. The summed E-state index contributed by atoms with van der Waals surface area (Å²) >= 11 is 5.50. The maximum atomic E-state index is 11.9. The topological polar surface area (TPSA) is 37.4 Å². The van der Waals surface area contributed by atoms with Crippen LogP contribution in [-0.4, -0.2) is 33.1 Å². The minimum atomic E-state index is -3.24. The van der Waals surface area contributed by atoms with E-state index in [2.05, 4.69) is 4.90 Å². The molecule has 1 rings (SSSR count). The molecule has 96 valence electrons. The van der Waals surface area contributed by atoms with E-state index in [1.54, 1.807) is 18.2 Å². The summed E-state index contributed by atoms with van der Waals surface area (Å²) < 4.78 is 23.8. The van der Waals surface area contributed by atoms with Crippen LogP contribution in [0.3, 0.4) is 0 Å². The van der Waals surface area contributed by atoms with E-state index in [4.69, 9.17) is 11.6 Å². The van der Waals surface area contributed by atoms with Crippen molar-refractivity contribution >= 4 is 27.1 Å². The van der Waals surface area contributed by atoms with Crippen LogP contribution in [0, 0.1) is 0 Å². The minimum Gasteiger partial charge on any atom is -0.372 e. The van der Waals surface area contributed by atoms with Crippen molar-refractivity contribution in [1.82, 2.24) is 0 Å². The van der Waals surface area contributed by atoms with Gasteiger partial charge in [0.25, 0.3) is 0 Å². The van der Waals surface area contributed by atoms with Gasteiger partial charge >= 0.3 is 0 Å². The first-order chi connectivity index (χ1) is 8.05. The summed E-state index contributed by atoms with van der Waals surface area (Å²) in [6.07, 6.45) is 0. The summed E-state index contributed by atoms with van der Waals surface area (Å²) in [6, 6.07) is 7.03. The standard InChI is InChI=1S/C12H18ClNO2S/c1-3-14(4-2)11-6-5-7-12(10-11)17(15,16)9-8-13/h5-7,10H,3-4,8-9H2,1-2H3. The molecule has 5 heteroatoms. The molecule has 0 radical (unpaired) electrons. The third-order valence-electron chi connectivity index (χ3n) is 2.65. The lowest BCUT2D eigenvalue weighted by Gasteiger charge is -2.21. The largest absolute Gasteiger partial charge is 0.372 e. The Hall–Kier alpha value is -0.740. The maximum absolute atomic E-state index is 11.9. The third-order valence-corrected chi connectivity index (χ3v) is 4.78. The molecule has 1 aromatic rings. The zero-order valence-electron chi connectivity index (χ0n) is 10.2. The van der Waals surface area contributed by atoms with Gasteiger partial charge in [0, 0.05) is 24.7 Å². The molecule has 0 N–H and O–H groups in total. The van der Waals surface area contributed by atoms with Crippen molar-refractivity contribution in [2.24, 2.45) is 0 Å². The first kappa shape index (κ1) is 14.3. The Morgan fingerprint density at radius 1 is 1.24 bits per heavy atom. The lowest BCUT2D eigenvalue weighted by atomic mass is 10.3. The van der Waals surface area contributed by atoms with Gasteiger partial charge in [0.05, 0.1) is 10.6 Å². The van der Waals surface area contributed by atoms with Gasteiger partial charge in [-0.05, 0) is 32.0 Å². The fraction of sp³-hybridized carbons (Fsp3) is 0.500. The van der Waals surface area contributed by atoms with Crippen molar-refractivity contribution in [2.45, 2.75) is 18.7 Å². The second-order valence-corrected chi connectivity index (χ2v) is 6.16. The molecule has 0 aliphatic heterocycles. The summed E-state index contributed by atoms with van der Waals surface area (Å²) in [7, 11) is -3.24. The van der Waals surface area contributed by atoms with E-state index in [1.807, 2.05) is 19.9 Å². The van der Waals surface area contributed by atoms with E-state index in [-0.39, 0.29) is 11.6 Å². The molecule has 17 heavy (non-hydrogen) atoms. The highest BCUT2D eigenvalue weighted by Crippen LogP contribution is 2.20. The lowest BCUT2D eigenvalue weighted by Crippen LogP contribution is -2.22. The fourth-order valence-corrected chi connectivity index (χ4v) is 3.32. The molecule has 0 fully saturated rings. The van der Waals surface area contributed by atoms with Crippen LogP contribution in [-0.2, 0) is 9.84 Å². The van der Waals surface area contributed by atoms with E-state index in [0.717, 1.165) is 18.8 Å². The van der Waals surface area contributed by atoms with E-state index in [9.17, 15) is 8.42 Å². The van der Waals surface area contributed by atoms with Crippen LogP contribution in [0.15, 0.2) is 29.2 Å². The number of nitrogens with zero attached hydrogens (tertiary/aromatic N) is 1. The number of rotatable bonds is 6. The molecule has 0 heterocycles. The van der Waals surface area contributed by atoms with Crippen LogP contribution in [0.4, 0.5) is 5.69 Å². The Bertz CT molecular complexity index is 455. The van der Waals surface area contributed by atoms with E-state index < -0.39 is 9.84 Å². The van der Waals surface area contributed by atoms with Gasteiger partial charge < -0.3 is 4.90 Å². The number of hydrogen-bond donors (Lipinski definition) is 0. The second kappa shape index (κ2) is 6.26. The summed E-state index contributed by atoms with van der Waals surface area (Å²) in [5.41, 5.74) is 0.936. The molecule has 0 aliphatic rings. The Labute approximate surface area is 108 Å². The van der Waals surface area contributed by atoms with Gasteiger partial charge in [-0.3, -0.25) is 0 Å². The summed E-state index contributed by atoms with van der Waals surface area (Å²) in [5, 5.41) is 0. The van der Waals surface area contributed by atoms with Gasteiger partial charge in [-0.1, -0.05) is 6.07 Å². The average molecular weight is 276 g/mol. The zero-order chi connectivity index (χ0) is 12.9. The normalized spacial score (nSPS) is 11.5.